The average Bonchev–Trinajstić information content (AvgIpc) is 2.03. The zero-order valence-electron chi connectivity index (χ0n) is 6.64. The van der Waals surface area contributed by atoms with Crippen molar-refractivity contribution in [3.8, 4) is 0 Å². The van der Waals surface area contributed by atoms with Crippen LogP contribution in [0, 0.1) is 6.92 Å². The lowest BCUT2D eigenvalue weighted by Gasteiger charge is -2.21. The second-order valence-corrected chi connectivity index (χ2v) is 2.98. The Morgan fingerprint density at radius 2 is 1.90 bits per heavy atom. The second-order valence-electron chi connectivity index (χ2n) is 2.98. The fourth-order valence-corrected chi connectivity index (χ4v) is 1.48. The molecule has 0 heterocycles. The van der Waals surface area contributed by atoms with Gasteiger partial charge in [0.05, 0.1) is 6.10 Å². The normalized spacial score (nSPS) is 21.3. The van der Waals surface area contributed by atoms with Crippen LogP contribution in [0.3, 0.4) is 0 Å². The third-order valence-corrected chi connectivity index (χ3v) is 2.05. The van der Waals surface area contributed by atoms with Crippen LogP contribution in [-0.2, 0) is 4.74 Å². The van der Waals surface area contributed by atoms with Crippen LogP contribution >= 0.6 is 0 Å². The maximum absolute atomic E-state index is 5.57. The molecule has 1 radical (unpaired) electrons. The monoisotopic (exact) mass is 141 g/mol. The van der Waals surface area contributed by atoms with Crippen molar-refractivity contribution >= 4 is 0 Å². The second kappa shape index (κ2) is 4.73. The molecule has 0 saturated heterocycles. The van der Waals surface area contributed by atoms with Crippen LogP contribution in [0.4, 0.5) is 0 Å². The van der Waals surface area contributed by atoms with Gasteiger partial charge in [-0.3, -0.25) is 0 Å². The third kappa shape index (κ3) is 2.70. The summed E-state index contributed by atoms with van der Waals surface area (Å²) in [6, 6.07) is 0. The van der Waals surface area contributed by atoms with Gasteiger partial charge < -0.3 is 4.74 Å². The summed E-state index contributed by atoms with van der Waals surface area (Å²) < 4.78 is 5.57. The minimum atomic E-state index is 0.565. The minimum Gasteiger partial charge on any atom is -0.378 e. The lowest BCUT2D eigenvalue weighted by atomic mass is 9.98. The van der Waals surface area contributed by atoms with E-state index in [4.69, 9.17) is 4.74 Å². The van der Waals surface area contributed by atoms with Crippen LogP contribution < -0.4 is 0 Å². The molecule has 0 aromatic rings. The summed E-state index contributed by atoms with van der Waals surface area (Å²) in [5.41, 5.74) is 0. The van der Waals surface area contributed by atoms with Crippen molar-refractivity contribution in [2.24, 2.45) is 0 Å². The van der Waals surface area contributed by atoms with Crippen molar-refractivity contribution in [1.29, 1.82) is 0 Å². The Hall–Kier alpha value is -0.0400. The van der Waals surface area contributed by atoms with Gasteiger partial charge in [-0.05, 0) is 19.3 Å². The molecule has 0 amide bonds. The molecule has 0 aromatic carbocycles. The highest BCUT2D eigenvalue weighted by Crippen LogP contribution is 2.19. The highest BCUT2D eigenvalue weighted by atomic mass is 16.5. The third-order valence-electron chi connectivity index (χ3n) is 2.05. The van der Waals surface area contributed by atoms with Crippen LogP contribution in [0.1, 0.15) is 38.5 Å². The molecule has 59 valence electrons. The van der Waals surface area contributed by atoms with E-state index < -0.39 is 0 Å². The number of rotatable bonds is 3. The van der Waals surface area contributed by atoms with E-state index in [2.05, 4.69) is 6.92 Å². The molecule has 0 aromatic heterocycles. The van der Waals surface area contributed by atoms with Crippen molar-refractivity contribution in [2.45, 2.75) is 44.6 Å². The Morgan fingerprint density at radius 1 is 1.20 bits per heavy atom. The van der Waals surface area contributed by atoms with E-state index in [1.807, 2.05) is 0 Å². The molecule has 1 heteroatoms. The zero-order chi connectivity index (χ0) is 7.23. The minimum absolute atomic E-state index is 0.565. The van der Waals surface area contributed by atoms with Crippen molar-refractivity contribution in [1.82, 2.24) is 0 Å². The van der Waals surface area contributed by atoms with E-state index in [0.29, 0.717) is 6.10 Å². The van der Waals surface area contributed by atoms with Crippen LogP contribution in [0.15, 0.2) is 0 Å². The van der Waals surface area contributed by atoms with Gasteiger partial charge >= 0.3 is 0 Å². The molecule has 0 spiro atoms. The van der Waals surface area contributed by atoms with Gasteiger partial charge in [0.2, 0.25) is 0 Å². The topological polar surface area (TPSA) is 9.23 Å². The molecule has 1 aliphatic carbocycles. The fourth-order valence-electron chi connectivity index (χ4n) is 1.48. The zero-order valence-corrected chi connectivity index (χ0v) is 6.64. The summed E-state index contributed by atoms with van der Waals surface area (Å²) in [4.78, 5) is 0. The largest absolute Gasteiger partial charge is 0.378 e. The van der Waals surface area contributed by atoms with Gasteiger partial charge in [0.25, 0.3) is 0 Å². The first kappa shape index (κ1) is 8.06. The predicted octanol–water partition coefficient (Wildman–Crippen LogP) is 2.56. The SMILES string of the molecule is [CH2]CCOC1CCCCC1. The summed E-state index contributed by atoms with van der Waals surface area (Å²) in [7, 11) is 0. The van der Waals surface area contributed by atoms with Crippen LogP contribution in [0.2, 0.25) is 0 Å². The van der Waals surface area contributed by atoms with Gasteiger partial charge in [-0.15, -0.1) is 0 Å². The first-order valence-corrected chi connectivity index (χ1v) is 4.34. The van der Waals surface area contributed by atoms with Crippen molar-refractivity contribution in [2.75, 3.05) is 6.61 Å². The summed E-state index contributed by atoms with van der Waals surface area (Å²) in [5.74, 6) is 0. The maximum Gasteiger partial charge on any atom is 0.0575 e. The molecule has 0 unspecified atom stereocenters. The molecule has 0 N–H and O–H groups in total. The van der Waals surface area contributed by atoms with Crippen LogP contribution in [0.25, 0.3) is 0 Å². The lowest BCUT2D eigenvalue weighted by molar-refractivity contribution is 0.0310. The standard InChI is InChI=1S/C9H17O/c1-2-8-10-9-6-4-3-5-7-9/h9H,1-8H2. The Morgan fingerprint density at radius 3 is 2.50 bits per heavy atom. The smallest absolute Gasteiger partial charge is 0.0575 e. The summed E-state index contributed by atoms with van der Waals surface area (Å²) in [5, 5.41) is 0. The number of hydrogen-bond acceptors (Lipinski definition) is 1. The molecule has 1 nitrogen and oxygen atoms in total. The molecule has 0 aliphatic heterocycles. The van der Waals surface area contributed by atoms with Gasteiger partial charge in [-0.2, -0.15) is 0 Å². The van der Waals surface area contributed by atoms with Crippen molar-refractivity contribution in [3.63, 3.8) is 0 Å². The Balaban J connectivity index is 2.02. The van der Waals surface area contributed by atoms with E-state index in [1.54, 1.807) is 0 Å². The maximum atomic E-state index is 5.57. The van der Waals surface area contributed by atoms with E-state index in [1.165, 1.54) is 32.1 Å². The summed E-state index contributed by atoms with van der Waals surface area (Å²) in [6.45, 7) is 4.60. The molecule has 10 heavy (non-hydrogen) atoms. The van der Waals surface area contributed by atoms with Gasteiger partial charge in [-0.25, -0.2) is 0 Å². The van der Waals surface area contributed by atoms with Crippen molar-refractivity contribution in [3.05, 3.63) is 6.92 Å². The van der Waals surface area contributed by atoms with Gasteiger partial charge in [0, 0.05) is 6.61 Å². The van der Waals surface area contributed by atoms with Gasteiger partial charge in [-0.1, -0.05) is 26.2 Å². The summed E-state index contributed by atoms with van der Waals surface area (Å²) >= 11 is 0. The highest BCUT2D eigenvalue weighted by molar-refractivity contribution is 4.64. The molecule has 0 atom stereocenters. The van der Waals surface area contributed by atoms with E-state index in [-0.39, 0.29) is 0 Å². The first-order chi connectivity index (χ1) is 4.93. The predicted molar refractivity (Wildman–Crippen MR) is 42.8 cm³/mol. The Bertz CT molecular complexity index is 74.8. The highest BCUT2D eigenvalue weighted by Gasteiger charge is 2.12. The Labute approximate surface area is 63.8 Å². The first-order valence-electron chi connectivity index (χ1n) is 4.34. The molecule has 1 saturated carbocycles. The van der Waals surface area contributed by atoms with Crippen LogP contribution in [-0.4, -0.2) is 12.7 Å². The summed E-state index contributed by atoms with van der Waals surface area (Å²) in [6.07, 6.45) is 8.17. The van der Waals surface area contributed by atoms with Crippen molar-refractivity contribution < 1.29 is 4.74 Å². The van der Waals surface area contributed by atoms with E-state index in [9.17, 15) is 0 Å². The molecule has 1 aliphatic rings. The van der Waals surface area contributed by atoms with E-state index >= 15 is 0 Å². The molecular weight excluding hydrogens is 124 g/mol. The molecule has 1 rings (SSSR count). The van der Waals surface area contributed by atoms with Crippen LogP contribution in [0.5, 0.6) is 0 Å². The molecular formula is C9H17O. The lowest BCUT2D eigenvalue weighted by Crippen LogP contribution is -2.16. The number of hydrogen-bond donors (Lipinski definition) is 0. The number of ether oxygens (including phenoxy) is 1. The fraction of sp³-hybridized carbons (Fsp3) is 0.889. The quantitative estimate of drug-likeness (QED) is 0.587. The Kier molecular flexibility index (Phi) is 3.81. The molecule has 1 fully saturated rings. The molecule has 0 bridgehead atoms. The van der Waals surface area contributed by atoms with E-state index in [0.717, 1.165) is 13.0 Å². The van der Waals surface area contributed by atoms with Gasteiger partial charge in [0.1, 0.15) is 0 Å². The van der Waals surface area contributed by atoms with Gasteiger partial charge in [0.15, 0.2) is 0 Å². The average molecular weight is 141 g/mol.